The molecular formula is C11H21N3O3. The van der Waals surface area contributed by atoms with E-state index < -0.39 is 17.7 Å². The first-order valence-corrected chi connectivity index (χ1v) is 5.83. The molecule has 0 aromatic heterocycles. The number of carbonyl (C=O) groups excluding carboxylic acids is 2. The molecule has 17 heavy (non-hydrogen) atoms. The Balaban J connectivity index is 2.54. The number of hydrazine groups is 1. The van der Waals surface area contributed by atoms with Crippen LogP contribution in [0, 0.1) is 5.92 Å². The minimum atomic E-state index is -0.594. The van der Waals surface area contributed by atoms with Gasteiger partial charge in [-0.25, -0.2) is 10.6 Å². The zero-order valence-corrected chi connectivity index (χ0v) is 10.6. The predicted molar refractivity (Wildman–Crippen MR) is 62.8 cm³/mol. The maximum absolute atomic E-state index is 11.6. The van der Waals surface area contributed by atoms with E-state index in [2.05, 4.69) is 10.7 Å². The molecule has 1 aliphatic rings. The van der Waals surface area contributed by atoms with Crippen LogP contribution in [0.1, 0.15) is 40.0 Å². The van der Waals surface area contributed by atoms with Gasteiger partial charge in [0.1, 0.15) is 11.6 Å². The Kier molecular flexibility index (Phi) is 4.34. The van der Waals surface area contributed by atoms with Crippen LogP contribution in [0.15, 0.2) is 0 Å². The van der Waals surface area contributed by atoms with Gasteiger partial charge in [-0.3, -0.25) is 10.2 Å². The van der Waals surface area contributed by atoms with E-state index in [9.17, 15) is 9.59 Å². The van der Waals surface area contributed by atoms with Crippen molar-refractivity contribution in [1.29, 1.82) is 0 Å². The van der Waals surface area contributed by atoms with Gasteiger partial charge in [0, 0.05) is 0 Å². The largest absolute Gasteiger partial charge is 0.444 e. The van der Waals surface area contributed by atoms with Gasteiger partial charge in [-0.1, -0.05) is 6.42 Å². The zero-order chi connectivity index (χ0) is 13.1. The molecule has 1 unspecified atom stereocenters. The lowest BCUT2D eigenvalue weighted by Crippen LogP contribution is -2.54. The summed E-state index contributed by atoms with van der Waals surface area (Å²) in [6.45, 7) is 5.32. The second-order valence-electron chi connectivity index (χ2n) is 5.32. The number of carbonyl (C=O) groups is 2. The fourth-order valence-corrected chi connectivity index (χ4v) is 1.69. The first kappa shape index (κ1) is 13.8. The van der Waals surface area contributed by atoms with Crippen molar-refractivity contribution in [3.05, 3.63) is 0 Å². The van der Waals surface area contributed by atoms with Crippen molar-refractivity contribution in [3.8, 4) is 0 Å². The van der Waals surface area contributed by atoms with Crippen molar-refractivity contribution in [2.45, 2.75) is 51.7 Å². The number of hydrogen-bond donors (Lipinski definition) is 3. The maximum atomic E-state index is 11.6. The predicted octanol–water partition coefficient (Wildman–Crippen LogP) is 0.670. The molecule has 0 spiro atoms. The van der Waals surface area contributed by atoms with Crippen LogP contribution in [0.2, 0.25) is 0 Å². The number of rotatable bonds is 3. The van der Waals surface area contributed by atoms with Crippen LogP contribution in [-0.2, 0) is 9.53 Å². The molecular weight excluding hydrogens is 222 g/mol. The number of alkyl carbamates (subject to hydrolysis) is 1. The monoisotopic (exact) mass is 243 g/mol. The molecule has 1 saturated carbocycles. The van der Waals surface area contributed by atoms with Gasteiger partial charge in [0.05, 0.1) is 0 Å². The van der Waals surface area contributed by atoms with E-state index in [0.29, 0.717) is 0 Å². The minimum absolute atomic E-state index is 0.158. The third kappa shape index (κ3) is 4.22. The molecule has 6 heteroatoms. The van der Waals surface area contributed by atoms with E-state index >= 15 is 0 Å². The first-order valence-electron chi connectivity index (χ1n) is 5.83. The molecule has 0 radical (unpaired) electrons. The molecule has 0 aliphatic heterocycles. The van der Waals surface area contributed by atoms with Crippen LogP contribution in [0.5, 0.6) is 0 Å². The van der Waals surface area contributed by atoms with Gasteiger partial charge in [-0.05, 0) is 39.5 Å². The normalized spacial score (nSPS) is 17.9. The van der Waals surface area contributed by atoms with E-state index in [0.717, 1.165) is 19.3 Å². The Hall–Kier alpha value is -1.30. The summed E-state index contributed by atoms with van der Waals surface area (Å²) in [6, 6.07) is -0.594. The van der Waals surface area contributed by atoms with Gasteiger partial charge in [0.25, 0.3) is 5.91 Å². The van der Waals surface area contributed by atoms with Crippen LogP contribution in [-0.4, -0.2) is 23.6 Å². The van der Waals surface area contributed by atoms with Crippen molar-refractivity contribution in [3.63, 3.8) is 0 Å². The van der Waals surface area contributed by atoms with Crippen molar-refractivity contribution >= 4 is 12.0 Å². The smallest absolute Gasteiger partial charge is 0.408 e. The van der Waals surface area contributed by atoms with Crippen LogP contribution >= 0.6 is 0 Å². The lowest BCUT2D eigenvalue weighted by atomic mass is 9.79. The van der Waals surface area contributed by atoms with E-state index in [-0.39, 0.29) is 11.8 Å². The molecule has 1 rings (SSSR count). The van der Waals surface area contributed by atoms with Gasteiger partial charge < -0.3 is 10.1 Å². The van der Waals surface area contributed by atoms with Gasteiger partial charge in [0.2, 0.25) is 0 Å². The average Bonchev–Trinajstić information content (AvgIpc) is 2.09. The highest BCUT2D eigenvalue weighted by molar-refractivity contribution is 5.85. The Morgan fingerprint density at radius 1 is 1.35 bits per heavy atom. The maximum Gasteiger partial charge on any atom is 0.408 e. The van der Waals surface area contributed by atoms with Crippen molar-refractivity contribution in [2.24, 2.45) is 11.8 Å². The summed E-state index contributed by atoms with van der Waals surface area (Å²) >= 11 is 0. The third-order valence-electron chi connectivity index (χ3n) is 2.72. The molecule has 1 fully saturated rings. The van der Waals surface area contributed by atoms with Crippen molar-refractivity contribution in [1.82, 2.24) is 10.7 Å². The van der Waals surface area contributed by atoms with Crippen molar-refractivity contribution in [2.75, 3.05) is 0 Å². The molecule has 0 aromatic carbocycles. The first-order chi connectivity index (χ1) is 7.83. The molecule has 6 nitrogen and oxygen atoms in total. The standard InChI is InChI=1S/C11H21N3O3/c1-11(2,3)17-10(16)13-8(9(15)14-12)7-5-4-6-7/h7-8H,4-6,12H2,1-3H3,(H,13,16)(H,14,15). The quantitative estimate of drug-likeness (QED) is 0.386. The van der Waals surface area contributed by atoms with E-state index in [1.165, 1.54) is 0 Å². The molecule has 0 saturated heterocycles. The Bertz CT molecular complexity index is 295. The van der Waals surface area contributed by atoms with Gasteiger partial charge in [0.15, 0.2) is 0 Å². The summed E-state index contributed by atoms with van der Waals surface area (Å²) in [6.07, 6.45) is 2.34. The number of hydrogen-bond acceptors (Lipinski definition) is 4. The Labute approximate surface area is 101 Å². The van der Waals surface area contributed by atoms with Gasteiger partial charge in [-0.2, -0.15) is 0 Å². The number of ether oxygens (including phenoxy) is 1. The summed E-state index contributed by atoms with van der Waals surface area (Å²) in [5, 5.41) is 2.57. The fourth-order valence-electron chi connectivity index (χ4n) is 1.69. The Morgan fingerprint density at radius 3 is 2.29 bits per heavy atom. The second-order valence-corrected chi connectivity index (χ2v) is 5.32. The molecule has 4 N–H and O–H groups in total. The minimum Gasteiger partial charge on any atom is -0.444 e. The zero-order valence-electron chi connectivity index (χ0n) is 10.6. The molecule has 2 amide bonds. The number of nitrogens with one attached hydrogen (secondary N) is 2. The number of nitrogens with two attached hydrogens (primary N) is 1. The van der Waals surface area contributed by atoms with Crippen molar-refractivity contribution < 1.29 is 14.3 Å². The van der Waals surface area contributed by atoms with Crippen LogP contribution in [0.4, 0.5) is 4.79 Å². The highest BCUT2D eigenvalue weighted by Crippen LogP contribution is 2.29. The Morgan fingerprint density at radius 2 is 1.94 bits per heavy atom. The van der Waals surface area contributed by atoms with Crippen LogP contribution in [0.3, 0.4) is 0 Å². The summed E-state index contributed by atoms with van der Waals surface area (Å²) in [5.41, 5.74) is 1.50. The summed E-state index contributed by atoms with van der Waals surface area (Å²) in [7, 11) is 0. The lowest BCUT2D eigenvalue weighted by Gasteiger charge is -2.33. The molecule has 1 aliphatic carbocycles. The second kappa shape index (κ2) is 5.35. The number of amides is 2. The molecule has 1 atom stereocenters. The lowest BCUT2D eigenvalue weighted by molar-refractivity contribution is -0.125. The molecule has 0 heterocycles. The van der Waals surface area contributed by atoms with Crippen LogP contribution in [0.25, 0.3) is 0 Å². The molecule has 0 bridgehead atoms. The molecule has 98 valence electrons. The topological polar surface area (TPSA) is 93.4 Å². The van der Waals surface area contributed by atoms with E-state index in [1.54, 1.807) is 20.8 Å². The highest BCUT2D eigenvalue weighted by atomic mass is 16.6. The van der Waals surface area contributed by atoms with Gasteiger partial charge in [-0.15, -0.1) is 0 Å². The summed E-state index contributed by atoms with van der Waals surface area (Å²) in [5.74, 6) is 4.88. The van der Waals surface area contributed by atoms with Gasteiger partial charge >= 0.3 is 6.09 Å². The van der Waals surface area contributed by atoms with E-state index in [4.69, 9.17) is 10.6 Å². The summed E-state index contributed by atoms with van der Waals surface area (Å²) < 4.78 is 5.11. The third-order valence-corrected chi connectivity index (χ3v) is 2.72. The van der Waals surface area contributed by atoms with E-state index in [1.807, 2.05) is 0 Å². The molecule has 0 aromatic rings. The SMILES string of the molecule is CC(C)(C)OC(=O)NC(C(=O)NN)C1CCC1. The highest BCUT2D eigenvalue weighted by Gasteiger charge is 2.34. The summed E-state index contributed by atoms with van der Waals surface area (Å²) in [4.78, 5) is 23.1. The fraction of sp³-hybridized carbons (Fsp3) is 0.818. The van der Waals surface area contributed by atoms with Crippen LogP contribution < -0.4 is 16.6 Å². The average molecular weight is 243 g/mol.